The number of rotatable bonds is 5. The van der Waals surface area contributed by atoms with E-state index in [0.717, 1.165) is 5.75 Å². The molecule has 2 rings (SSSR count). The maximum atomic E-state index is 5.76. The molecule has 3 N–H and O–H groups in total. The summed E-state index contributed by atoms with van der Waals surface area (Å²) in [6.07, 6.45) is 1.55. The Morgan fingerprint density at radius 1 is 1.28 bits per heavy atom. The first-order valence-electron chi connectivity index (χ1n) is 5.58. The number of benzene rings is 1. The number of halogens is 1. The quantitative estimate of drug-likeness (QED) is 0.815. The van der Waals surface area contributed by atoms with Crippen LogP contribution >= 0.6 is 11.6 Å². The fourth-order valence-electron chi connectivity index (χ4n) is 1.46. The number of para-hydroxylation sites is 1. The molecular formula is C13H14ClN3O. The van der Waals surface area contributed by atoms with Crippen molar-refractivity contribution in [2.45, 2.75) is 0 Å². The molecule has 0 saturated heterocycles. The van der Waals surface area contributed by atoms with Crippen LogP contribution in [-0.4, -0.2) is 18.1 Å². The van der Waals surface area contributed by atoms with E-state index < -0.39 is 0 Å². The van der Waals surface area contributed by atoms with Crippen LogP contribution in [0.4, 0.5) is 11.5 Å². The first-order chi connectivity index (χ1) is 8.75. The third kappa shape index (κ3) is 3.53. The van der Waals surface area contributed by atoms with Crippen molar-refractivity contribution in [2.24, 2.45) is 0 Å². The van der Waals surface area contributed by atoms with Crippen molar-refractivity contribution in [2.75, 3.05) is 24.2 Å². The summed E-state index contributed by atoms with van der Waals surface area (Å²) in [7, 11) is 0. The zero-order chi connectivity index (χ0) is 12.8. The summed E-state index contributed by atoms with van der Waals surface area (Å²) in [4.78, 5) is 4.10. The number of nitrogens with one attached hydrogen (secondary N) is 1. The molecule has 0 aliphatic heterocycles. The molecule has 0 saturated carbocycles. The fourth-order valence-corrected chi connectivity index (χ4v) is 1.62. The number of hydrogen-bond acceptors (Lipinski definition) is 4. The highest BCUT2D eigenvalue weighted by Crippen LogP contribution is 2.18. The lowest BCUT2D eigenvalue weighted by Crippen LogP contribution is -2.13. The zero-order valence-corrected chi connectivity index (χ0v) is 10.5. The van der Waals surface area contributed by atoms with Gasteiger partial charge in [0.1, 0.15) is 18.2 Å². The average molecular weight is 264 g/mol. The van der Waals surface area contributed by atoms with Gasteiger partial charge in [-0.25, -0.2) is 4.98 Å². The average Bonchev–Trinajstić information content (AvgIpc) is 2.38. The minimum absolute atomic E-state index is 0.526. The van der Waals surface area contributed by atoms with E-state index in [-0.39, 0.29) is 0 Å². The van der Waals surface area contributed by atoms with Crippen LogP contribution in [0.15, 0.2) is 42.6 Å². The van der Waals surface area contributed by atoms with Gasteiger partial charge in [-0.2, -0.15) is 0 Å². The van der Waals surface area contributed by atoms with Crippen LogP contribution in [0.3, 0.4) is 0 Å². The normalized spacial score (nSPS) is 10.1. The zero-order valence-electron chi connectivity index (χ0n) is 9.77. The molecular weight excluding hydrogens is 250 g/mol. The number of nitrogens with two attached hydrogens (primary N) is 1. The van der Waals surface area contributed by atoms with Crippen LogP contribution in [0.2, 0.25) is 5.02 Å². The lowest BCUT2D eigenvalue weighted by molar-refractivity contribution is 0.333. The standard InChI is InChI=1S/C13H14ClN3O/c14-10-8-12(15)13(17-9-10)16-6-7-18-11-4-2-1-3-5-11/h1-5,8-9H,6-7,15H2,(H,16,17). The van der Waals surface area contributed by atoms with Gasteiger partial charge in [-0.15, -0.1) is 0 Å². The molecule has 0 aliphatic carbocycles. The van der Waals surface area contributed by atoms with Gasteiger partial charge < -0.3 is 15.8 Å². The van der Waals surface area contributed by atoms with Gasteiger partial charge >= 0.3 is 0 Å². The second-order valence-corrected chi connectivity index (χ2v) is 4.12. The smallest absolute Gasteiger partial charge is 0.149 e. The molecule has 1 aromatic carbocycles. The number of pyridine rings is 1. The lowest BCUT2D eigenvalue weighted by Gasteiger charge is -2.09. The van der Waals surface area contributed by atoms with Gasteiger partial charge in [-0.05, 0) is 18.2 Å². The van der Waals surface area contributed by atoms with Gasteiger partial charge in [-0.3, -0.25) is 0 Å². The molecule has 5 heteroatoms. The SMILES string of the molecule is Nc1cc(Cl)cnc1NCCOc1ccccc1. The molecule has 0 spiro atoms. The third-order valence-electron chi connectivity index (χ3n) is 2.29. The highest BCUT2D eigenvalue weighted by molar-refractivity contribution is 6.30. The predicted molar refractivity (Wildman–Crippen MR) is 74.1 cm³/mol. The molecule has 18 heavy (non-hydrogen) atoms. The molecule has 1 heterocycles. The largest absolute Gasteiger partial charge is 0.492 e. The topological polar surface area (TPSA) is 60.2 Å². The van der Waals surface area contributed by atoms with E-state index in [1.54, 1.807) is 12.3 Å². The van der Waals surface area contributed by atoms with Crippen molar-refractivity contribution in [3.8, 4) is 5.75 Å². The van der Waals surface area contributed by atoms with Crippen molar-refractivity contribution >= 4 is 23.1 Å². The summed E-state index contributed by atoms with van der Waals surface area (Å²) in [5.74, 6) is 1.47. The van der Waals surface area contributed by atoms with Gasteiger partial charge in [0.25, 0.3) is 0 Å². The second kappa shape index (κ2) is 6.12. The summed E-state index contributed by atoms with van der Waals surface area (Å²) >= 11 is 5.76. The van der Waals surface area contributed by atoms with E-state index in [1.807, 2.05) is 30.3 Å². The monoisotopic (exact) mass is 263 g/mol. The second-order valence-electron chi connectivity index (χ2n) is 3.68. The molecule has 94 valence electrons. The van der Waals surface area contributed by atoms with Gasteiger partial charge in [0.2, 0.25) is 0 Å². The van der Waals surface area contributed by atoms with E-state index in [9.17, 15) is 0 Å². The molecule has 2 aromatic rings. The fraction of sp³-hybridized carbons (Fsp3) is 0.154. The number of ether oxygens (including phenoxy) is 1. The van der Waals surface area contributed by atoms with Gasteiger partial charge in [0, 0.05) is 6.20 Å². The van der Waals surface area contributed by atoms with Crippen molar-refractivity contribution < 1.29 is 4.74 Å². The molecule has 0 amide bonds. The van der Waals surface area contributed by atoms with Crippen molar-refractivity contribution in [1.29, 1.82) is 0 Å². The molecule has 4 nitrogen and oxygen atoms in total. The first kappa shape index (κ1) is 12.5. The number of hydrogen-bond donors (Lipinski definition) is 2. The molecule has 1 aromatic heterocycles. The van der Waals surface area contributed by atoms with E-state index in [2.05, 4.69) is 10.3 Å². The van der Waals surface area contributed by atoms with E-state index in [1.165, 1.54) is 0 Å². The number of nitrogen functional groups attached to an aromatic ring is 1. The minimum atomic E-state index is 0.526. The van der Waals surface area contributed by atoms with Crippen LogP contribution < -0.4 is 15.8 Å². The van der Waals surface area contributed by atoms with Crippen LogP contribution in [0.1, 0.15) is 0 Å². The van der Waals surface area contributed by atoms with Crippen molar-refractivity contribution in [3.63, 3.8) is 0 Å². The summed E-state index contributed by atoms with van der Waals surface area (Å²) in [6, 6.07) is 11.3. The molecule has 0 fully saturated rings. The molecule has 0 radical (unpaired) electrons. The van der Waals surface area contributed by atoms with Crippen molar-refractivity contribution in [3.05, 3.63) is 47.6 Å². The summed E-state index contributed by atoms with van der Waals surface area (Å²) in [6.45, 7) is 1.15. The van der Waals surface area contributed by atoms with Gasteiger partial charge in [0.05, 0.1) is 17.3 Å². The maximum absolute atomic E-state index is 5.76. The Balaban J connectivity index is 1.79. The van der Waals surface area contributed by atoms with Gasteiger partial charge in [-0.1, -0.05) is 29.8 Å². The van der Waals surface area contributed by atoms with Crippen LogP contribution in [0.25, 0.3) is 0 Å². The number of aromatic nitrogens is 1. The molecule has 0 bridgehead atoms. The van der Waals surface area contributed by atoms with Crippen LogP contribution in [-0.2, 0) is 0 Å². The highest BCUT2D eigenvalue weighted by Gasteiger charge is 2.00. The molecule has 0 atom stereocenters. The Bertz CT molecular complexity index is 505. The van der Waals surface area contributed by atoms with E-state index in [0.29, 0.717) is 29.7 Å². The molecule has 0 unspecified atom stereocenters. The highest BCUT2D eigenvalue weighted by atomic mass is 35.5. The van der Waals surface area contributed by atoms with E-state index in [4.69, 9.17) is 22.1 Å². The summed E-state index contributed by atoms with van der Waals surface area (Å²) < 4.78 is 5.53. The summed E-state index contributed by atoms with van der Waals surface area (Å²) in [5.41, 5.74) is 6.29. The maximum Gasteiger partial charge on any atom is 0.149 e. The molecule has 0 aliphatic rings. The Morgan fingerprint density at radius 2 is 2.06 bits per heavy atom. The van der Waals surface area contributed by atoms with Crippen LogP contribution in [0, 0.1) is 0 Å². The minimum Gasteiger partial charge on any atom is -0.492 e. The van der Waals surface area contributed by atoms with Crippen LogP contribution in [0.5, 0.6) is 5.75 Å². The lowest BCUT2D eigenvalue weighted by atomic mass is 10.3. The Hall–Kier alpha value is -1.94. The number of nitrogens with zero attached hydrogens (tertiary/aromatic N) is 1. The predicted octanol–water partition coefficient (Wildman–Crippen LogP) is 2.81. The van der Waals surface area contributed by atoms with E-state index >= 15 is 0 Å². The van der Waals surface area contributed by atoms with Gasteiger partial charge in [0.15, 0.2) is 0 Å². The summed E-state index contributed by atoms with van der Waals surface area (Å²) in [5, 5.41) is 3.62. The Morgan fingerprint density at radius 3 is 2.78 bits per heavy atom. The third-order valence-corrected chi connectivity index (χ3v) is 2.50. The first-order valence-corrected chi connectivity index (χ1v) is 5.96. The van der Waals surface area contributed by atoms with Crippen molar-refractivity contribution in [1.82, 2.24) is 4.98 Å². The number of anilines is 2. The Kier molecular flexibility index (Phi) is 4.25. The Labute approximate surface area is 111 Å².